The van der Waals surface area contributed by atoms with E-state index >= 15 is 0 Å². The van der Waals surface area contributed by atoms with Crippen LogP contribution in [0.15, 0.2) is 18.2 Å². The molecule has 0 aromatic heterocycles. The second kappa shape index (κ2) is 10.4. The first kappa shape index (κ1) is 23.5. The minimum absolute atomic E-state index is 0.0350. The Morgan fingerprint density at radius 3 is 2.68 bits per heavy atom. The van der Waals surface area contributed by atoms with E-state index < -0.39 is 0 Å². The largest absolute Gasteiger partial charge is 0.486 e. The molecule has 172 valence electrons. The molecule has 2 amide bonds. The molecule has 0 unspecified atom stereocenters. The van der Waals surface area contributed by atoms with Gasteiger partial charge < -0.3 is 29.7 Å². The van der Waals surface area contributed by atoms with Crippen molar-refractivity contribution in [3.63, 3.8) is 0 Å². The number of amides is 2. The van der Waals surface area contributed by atoms with Gasteiger partial charge in [0.05, 0.1) is 23.9 Å². The summed E-state index contributed by atoms with van der Waals surface area (Å²) in [5.74, 6) is 0.0481. The summed E-state index contributed by atoms with van der Waals surface area (Å²) in [6, 6.07) is 4.94. The van der Waals surface area contributed by atoms with Gasteiger partial charge in [-0.15, -0.1) is 0 Å². The van der Waals surface area contributed by atoms with Crippen LogP contribution in [0.25, 0.3) is 0 Å². The van der Waals surface area contributed by atoms with Crippen molar-refractivity contribution in [1.82, 2.24) is 9.80 Å². The van der Waals surface area contributed by atoms with Crippen LogP contribution in [0.5, 0.6) is 5.75 Å². The van der Waals surface area contributed by atoms with E-state index in [0.717, 1.165) is 0 Å². The maximum absolute atomic E-state index is 13.4. The van der Waals surface area contributed by atoms with Gasteiger partial charge in [-0.2, -0.15) is 0 Å². The molecule has 8 nitrogen and oxygen atoms in total. The van der Waals surface area contributed by atoms with Crippen LogP contribution in [0.2, 0.25) is 0 Å². The van der Waals surface area contributed by atoms with Crippen LogP contribution in [0.1, 0.15) is 37.0 Å². The number of para-hydroxylation sites is 1. The minimum atomic E-state index is -0.318. The lowest BCUT2D eigenvalue weighted by atomic mass is 9.98. The Morgan fingerprint density at radius 2 is 2.03 bits per heavy atom. The van der Waals surface area contributed by atoms with E-state index in [1.807, 2.05) is 32.8 Å². The van der Waals surface area contributed by atoms with Crippen LogP contribution in [0.4, 0.5) is 5.69 Å². The molecule has 31 heavy (non-hydrogen) atoms. The lowest BCUT2D eigenvalue weighted by molar-refractivity contribution is -0.122. The molecule has 2 aliphatic rings. The fourth-order valence-corrected chi connectivity index (χ4v) is 4.11. The molecular weight excluding hydrogens is 398 g/mol. The van der Waals surface area contributed by atoms with E-state index in [1.54, 1.807) is 23.1 Å². The van der Waals surface area contributed by atoms with Gasteiger partial charge in [0.15, 0.2) is 5.75 Å². The van der Waals surface area contributed by atoms with Crippen molar-refractivity contribution in [3.05, 3.63) is 23.8 Å². The number of likely N-dealkylation sites (N-methyl/N-ethyl adjacent to an activating group) is 1. The molecule has 2 aliphatic heterocycles. The highest BCUT2D eigenvalue weighted by atomic mass is 16.5. The number of ether oxygens (including phenoxy) is 2. The summed E-state index contributed by atoms with van der Waals surface area (Å²) >= 11 is 0. The van der Waals surface area contributed by atoms with Gasteiger partial charge in [0.2, 0.25) is 5.91 Å². The fourth-order valence-electron chi connectivity index (χ4n) is 4.11. The smallest absolute Gasteiger partial charge is 0.258 e. The molecular formula is C23H35N3O5. The van der Waals surface area contributed by atoms with Crippen molar-refractivity contribution in [2.24, 2.45) is 11.8 Å². The molecule has 0 saturated carbocycles. The number of carbonyl (C=O) groups excluding carboxylic acids is 2. The first-order chi connectivity index (χ1) is 14.8. The van der Waals surface area contributed by atoms with Gasteiger partial charge in [-0.05, 0) is 46.0 Å². The van der Waals surface area contributed by atoms with Crippen LogP contribution in [-0.4, -0.2) is 85.9 Å². The Balaban J connectivity index is 1.97. The average molecular weight is 434 g/mol. The van der Waals surface area contributed by atoms with Crippen molar-refractivity contribution >= 4 is 17.5 Å². The molecule has 1 fully saturated rings. The molecule has 3 rings (SSSR count). The number of fused-ring (bicyclic) bond motifs is 1. The molecule has 0 aliphatic carbocycles. The van der Waals surface area contributed by atoms with E-state index in [9.17, 15) is 14.7 Å². The van der Waals surface area contributed by atoms with Crippen molar-refractivity contribution in [3.8, 4) is 5.75 Å². The van der Waals surface area contributed by atoms with Gasteiger partial charge in [0.25, 0.3) is 5.91 Å². The van der Waals surface area contributed by atoms with Crippen LogP contribution >= 0.6 is 0 Å². The van der Waals surface area contributed by atoms with Crippen LogP contribution in [-0.2, 0) is 9.53 Å². The number of anilines is 1. The maximum Gasteiger partial charge on any atom is 0.258 e. The Labute approximate surface area is 184 Å². The Morgan fingerprint density at radius 1 is 1.32 bits per heavy atom. The van der Waals surface area contributed by atoms with Crippen molar-refractivity contribution in [1.29, 1.82) is 0 Å². The van der Waals surface area contributed by atoms with Gasteiger partial charge in [0, 0.05) is 38.1 Å². The second-order valence-electron chi connectivity index (χ2n) is 8.94. The maximum atomic E-state index is 13.4. The SMILES string of the molecule is C[C@@H]1CN([C@H](C)CO)C(=O)c2cccc(NC(=O)C3CCOCC3)c2O[C@H]1CN(C)C. The first-order valence-corrected chi connectivity index (χ1v) is 11.1. The zero-order valence-electron chi connectivity index (χ0n) is 19.0. The van der Waals surface area contributed by atoms with Crippen LogP contribution in [0.3, 0.4) is 0 Å². The number of aliphatic hydroxyl groups is 1. The topological polar surface area (TPSA) is 91.3 Å². The summed E-state index contributed by atoms with van der Waals surface area (Å²) in [6.45, 7) is 6.08. The van der Waals surface area contributed by atoms with Crippen LogP contribution < -0.4 is 10.1 Å². The van der Waals surface area contributed by atoms with Crippen LogP contribution in [0, 0.1) is 11.8 Å². The first-order valence-electron chi connectivity index (χ1n) is 11.1. The zero-order valence-corrected chi connectivity index (χ0v) is 19.0. The summed E-state index contributed by atoms with van der Waals surface area (Å²) in [6.07, 6.45) is 1.18. The van der Waals surface area contributed by atoms with Gasteiger partial charge in [0.1, 0.15) is 6.10 Å². The zero-order chi connectivity index (χ0) is 22.5. The third-order valence-electron chi connectivity index (χ3n) is 6.09. The second-order valence-corrected chi connectivity index (χ2v) is 8.94. The standard InChI is InChI=1S/C23H35N3O5/c1-15-12-26(16(2)14-27)23(29)18-6-5-7-19(21(18)31-20(15)13-25(3)4)24-22(28)17-8-10-30-11-9-17/h5-7,15-17,20,27H,8-14H2,1-4H3,(H,24,28)/t15-,16-,20+/m1/s1. The van der Waals surface area contributed by atoms with Crippen molar-refractivity contribution in [2.45, 2.75) is 38.8 Å². The molecule has 3 atom stereocenters. The number of hydrogen-bond acceptors (Lipinski definition) is 6. The predicted molar refractivity (Wildman–Crippen MR) is 118 cm³/mol. The number of nitrogens with zero attached hydrogens (tertiary/aromatic N) is 2. The van der Waals surface area contributed by atoms with Gasteiger partial charge in [-0.25, -0.2) is 0 Å². The third-order valence-corrected chi connectivity index (χ3v) is 6.09. The Bertz CT molecular complexity index is 778. The summed E-state index contributed by atoms with van der Waals surface area (Å²) in [5, 5.41) is 12.7. The number of nitrogens with one attached hydrogen (secondary N) is 1. The van der Waals surface area contributed by atoms with Gasteiger partial charge >= 0.3 is 0 Å². The molecule has 8 heteroatoms. The highest BCUT2D eigenvalue weighted by Gasteiger charge is 2.34. The molecule has 0 radical (unpaired) electrons. The normalized spacial score (nSPS) is 23.5. The van der Waals surface area contributed by atoms with E-state index in [2.05, 4.69) is 5.32 Å². The highest BCUT2D eigenvalue weighted by molar-refractivity contribution is 6.02. The number of rotatable bonds is 6. The summed E-state index contributed by atoms with van der Waals surface area (Å²) < 4.78 is 11.8. The molecule has 1 aromatic carbocycles. The average Bonchev–Trinajstić information content (AvgIpc) is 2.76. The van der Waals surface area contributed by atoms with Crippen molar-refractivity contribution in [2.75, 3.05) is 52.3 Å². The minimum Gasteiger partial charge on any atom is -0.486 e. The third kappa shape index (κ3) is 5.56. The lowest BCUT2D eigenvalue weighted by Crippen LogP contribution is -2.49. The molecule has 0 bridgehead atoms. The van der Waals surface area contributed by atoms with E-state index in [4.69, 9.17) is 9.47 Å². The summed E-state index contributed by atoms with van der Waals surface area (Å²) in [7, 11) is 3.96. The molecule has 1 saturated heterocycles. The Kier molecular flexibility index (Phi) is 7.91. The lowest BCUT2D eigenvalue weighted by Gasteiger charge is -2.38. The number of hydrogen-bond donors (Lipinski definition) is 2. The van der Waals surface area contributed by atoms with E-state index in [0.29, 0.717) is 56.1 Å². The number of carbonyl (C=O) groups is 2. The molecule has 2 heterocycles. The molecule has 1 aromatic rings. The summed E-state index contributed by atoms with van der Waals surface area (Å²) in [4.78, 5) is 30.0. The summed E-state index contributed by atoms with van der Waals surface area (Å²) in [5.41, 5.74) is 0.914. The van der Waals surface area contributed by atoms with Crippen molar-refractivity contribution < 1.29 is 24.2 Å². The van der Waals surface area contributed by atoms with E-state index in [-0.39, 0.29) is 42.4 Å². The highest BCUT2D eigenvalue weighted by Crippen LogP contribution is 2.35. The quantitative estimate of drug-likeness (QED) is 0.711. The molecule has 0 spiro atoms. The van der Waals surface area contributed by atoms with Gasteiger partial charge in [-0.1, -0.05) is 13.0 Å². The van der Waals surface area contributed by atoms with E-state index in [1.165, 1.54) is 0 Å². The number of benzene rings is 1. The Hall–Kier alpha value is -2.16. The van der Waals surface area contributed by atoms with Gasteiger partial charge in [-0.3, -0.25) is 9.59 Å². The predicted octanol–water partition coefficient (Wildman–Crippen LogP) is 1.83. The monoisotopic (exact) mass is 433 g/mol. The number of aliphatic hydroxyl groups excluding tert-OH is 1. The molecule has 2 N–H and O–H groups in total. The fraction of sp³-hybridized carbons (Fsp3) is 0.652.